The monoisotopic (exact) mass is 255 g/mol. The summed E-state index contributed by atoms with van der Waals surface area (Å²) >= 11 is 0. The Morgan fingerprint density at radius 2 is 2.00 bits per heavy atom. The molecular formula is C16H21N3. The lowest BCUT2D eigenvalue weighted by molar-refractivity contribution is 0.226. The van der Waals surface area contributed by atoms with Crippen LogP contribution < -0.4 is 5.73 Å². The molecule has 2 aromatic rings. The molecule has 0 bridgehead atoms. The van der Waals surface area contributed by atoms with E-state index in [4.69, 9.17) is 10.7 Å². The maximum Gasteiger partial charge on any atom is 0.0706 e. The molecule has 1 aliphatic rings. The first-order valence-corrected chi connectivity index (χ1v) is 7.07. The number of likely N-dealkylation sites (N-methyl/N-ethyl adjacent to an activating group) is 1. The van der Waals surface area contributed by atoms with E-state index in [0.717, 1.165) is 24.2 Å². The fourth-order valence-corrected chi connectivity index (χ4v) is 3.06. The molecule has 1 aliphatic heterocycles. The van der Waals surface area contributed by atoms with E-state index in [1.807, 2.05) is 12.1 Å². The van der Waals surface area contributed by atoms with E-state index in [-0.39, 0.29) is 12.1 Å². The first kappa shape index (κ1) is 12.6. The molecule has 0 aliphatic carbocycles. The normalized spacial score (nSPS) is 25.4. The molecule has 0 spiro atoms. The maximum atomic E-state index is 6.36. The number of pyridine rings is 1. The minimum atomic E-state index is 0.182. The zero-order valence-electron chi connectivity index (χ0n) is 11.4. The predicted octanol–water partition coefficient (Wildman–Crippen LogP) is 2.72. The SMILES string of the molecule is CN1CCCCC(N)C1c1ccc2ccccc2n1. The van der Waals surface area contributed by atoms with Gasteiger partial charge in [-0.2, -0.15) is 0 Å². The van der Waals surface area contributed by atoms with Gasteiger partial charge < -0.3 is 5.73 Å². The highest BCUT2D eigenvalue weighted by Gasteiger charge is 2.27. The van der Waals surface area contributed by atoms with Crippen LogP contribution in [-0.4, -0.2) is 29.5 Å². The molecule has 2 atom stereocenters. The van der Waals surface area contributed by atoms with Crippen LogP contribution >= 0.6 is 0 Å². The van der Waals surface area contributed by atoms with Crippen LogP contribution in [0.25, 0.3) is 10.9 Å². The molecule has 1 aromatic heterocycles. The van der Waals surface area contributed by atoms with E-state index in [1.165, 1.54) is 18.2 Å². The molecule has 2 N–H and O–H groups in total. The predicted molar refractivity (Wildman–Crippen MR) is 78.9 cm³/mol. The molecule has 19 heavy (non-hydrogen) atoms. The molecule has 1 saturated heterocycles. The number of benzene rings is 1. The van der Waals surface area contributed by atoms with Crippen LogP contribution in [0.5, 0.6) is 0 Å². The van der Waals surface area contributed by atoms with Crippen molar-refractivity contribution in [3.05, 3.63) is 42.1 Å². The van der Waals surface area contributed by atoms with Gasteiger partial charge >= 0.3 is 0 Å². The van der Waals surface area contributed by atoms with Crippen LogP contribution in [0.2, 0.25) is 0 Å². The molecule has 2 unspecified atom stereocenters. The Morgan fingerprint density at radius 1 is 1.16 bits per heavy atom. The van der Waals surface area contributed by atoms with Gasteiger partial charge in [0.2, 0.25) is 0 Å². The minimum Gasteiger partial charge on any atom is -0.326 e. The van der Waals surface area contributed by atoms with E-state index >= 15 is 0 Å². The second-order valence-electron chi connectivity index (χ2n) is 5.51. The number of hydrogen-bond acceptors (Lipinski definition) is 3. The van der Waals surface area contributed by atoms with E-state index in [9.17, 15) is 0 Å². The second kappa shape index (κ2) is 5.27. The average Bonchev–Trinajstić information content (AvgIpc) is 2.59. The highest BCUT2D eigenvalue weighted by molar-refractivity contribution is 5.78. The summed E-state index contributed by atoms with van der Waals surface area (Å²) in [5.74, 6) is 0. The van der Waals surface area contributed by atoms with Gasteiger partial charge in [-0.05, 0) is 38.6 Å². The quantitative estimate of drug-likeness (QED) is 0.852. The number of rotatable bonds is 1. The van der Waals surface area contributed by atoms with E-state index in [2.05, 4.69) is 36.2 Å². The highest BCUT2D eigenvalue weighted by atomic mass is 15.2. The molecule has 3 nitrogen and oxygen atoms in total. The summed E-state index contributed by atoms with van der Waals surface area (Å²) < 4.78 is 0. The zero-order valence-corrected chi connectivity index (χ0v) is 11.4. The average molecular weight is 255 g/mol. The third-order valence-electron chi connectivity index (χ3n) is 4.10. The van der Waals surface area contributed by atoms with Gasteiger partial charge in [0.1, 0.15) is 0 Å². The zero-order chi connectivity index (χ0) is 13.2. The van der Waals surface area contributed by atoms with Crippen molar-refractivity contribution in [2.45, 2.75) is 31.3 Å². The van der Waals surface area contributed by atoms with Crippen molar-refractivity contribution in [1.29, 1.82) is 0 Å². The molecule has 1 aromatic carbocycles. The van der Waals surface area contributed by atoms with Crippen molar-refractivity contribution >= 4 is 10.9 Å². The first-order chi connectivity index (χ1) is 9.25. The van der Waals surface area contributed by atoms with Crippen molar-refractivity contribution in [2.24, 2.45) is 5.73 Å². The van der Waals surface area contributed by atoms with E-state index in [1.54, 1.807) is 0 Å². The summed E-state index contributed by atoms with van der Waals surface area (Å²) in [6.45, 7) is 1.10. The van der Waals surface area contributed by atoms with Crippen molar-refractivity contribution < 1.29 is 0 Å². The molecule has 2 heterocycles. The summed E-state index contributed by atoms with van der Waals surface area (Å²) in [6, 6.07) is 13.0. The largest absolute Gasteiger partial charge is 0.326 e. The highest BCUT2D eigenvalue weighted by Crippen LogP contribution is 2.28. The van der Waals surface area contributed by atoms with E-state index in [0.29, 0.717) is 0 Å². The Balaban J connectivity index is 2.01. The van der Waals surface area contributed by atoms with Gasteiger partial charge in [-0.25, -0.2) is 0 Å². The van der Waals surface area contributed by atoms with Crippen LogP contribution in [0.1, 0.15) is 31.0 Å². The molecule has 3 heteroatoms. The Labute approximate surface area is 114 Å². The van der Waals surface area contributed by atoms with Crippen molar-refractivity contribution in [1.82, 2.24) is 9.88 Å². The first-order valence-electron chi connectivity index (χ1n) is 7.07. The lowest BCUT2D eigenvalue weighted by Crippen LogP contribution is -2.38. The molecular weight excluding hydrogens is 234 g/mol. The number of likely N-dealkylation sites (tertiary alicyclic amines) is 1. The summed E-state index contributed by atoms with van der Waals surface area (Å²) in [7, 11) is 2.16. The lowest BCUT2D eigenvalue weighted by atomic mass is 10.00. The number of fused-ring (bicyclic) bond motifs is 1. The van der Waals surface area contributed by atoms with Crippen molar-refractivity contribution in [3.63, 3.8) is 0 Å². The summed E-state index contributed by atoms with van der Waals surface area (Å²) in [5, 5.41) is 1.19. The van der Waals surface area contributed by atoms with Gasteiger partial charge in [0, 0.05) is 11.4 Å². The van der Waals surface area contributed by atoms with Gasteiger partial charge in [-0.3, -0.25) is 9.88 Å². The van der Waals surface area contributed by atoms with Crippen LogP contribution in [0.3, 0.4) is 0 Å². The Kier molecular flexibility index (Phi) is 3.49. The topological polar surface area (TPSA) is 42.1 Å². The summed E-state index contributed by atoms with van der Waals surface area (Å²) in [5.41, 5.74) is 8.53. The lowest BCUT2D eigenvalue weighted by Gasteiger charge is -2.29. The number of hydrogen-bond donors (Lipinski definition) is 1. The smallest absolute Gasteiger partial charge is 0.0706 e. The van der Waals surface area contributed by atoms with Crippen LogP contribution in [0.4, 0.5) is 0 Å². The molecule has 0 radical (unpaired) electrons. The number of para-hydroxylation sites is 1. The standard InChI is InChI=1S/C16H21N3/c1-19-11-5-4-7-13(17)16(19)15-10-9-12-6-2-3-8-14(12)18-15/h2-3,6,8-10,13,16H,4-5,7,11,17H2,1H3. The van der Waals surface area contributed by atoms with Crippen LogP contribution in [0, 0.1) is 0 Å². The third-order valence-corrected chi connectivity index (χ3v) is 4.10. The van der Waals surface area contributed by atoms with Gasteiger partial charge in [0.15, 0.2) is 0 Å². The fraction of sp³-hybridized carbons (Fsp3) is 0.438. The van der Waals surface area contributed by atoms with Crippen molar-refractivity contribution in [3.8, 4) is 0 Å². The molecule has 1 fully saturated rings. The molecule has 100 valence electrons. The Bertz CT molecular complexity index is 555. The van der Waals surface area contributed by atoms with Gasteiger partial charge in [-0.1, -0.05) is 30.7 Å². The van der Waals surface area contributed by atoms with Crippen molar-refractivity contribution in [2.75, 3.05) is 13.6 Å². The number of nitrogens with two attached hydrogens (primary N) is 1. The summed E-state index contributed by atoms with van der Waals surface area (Å²) in [4.78, 5) is 7.18. The molecule has 0 saturated carbocycles. The van der Waals surface area contributed by atoms with Crippen LogP contribution in [-0.2, 0) is 0 Å². The Hall–Kier alpha value is -1.45. The van der Waals surface area contributed by atoms with E-state index < -0.39 is 0 Å². The van der Waals surface area contributed by atoms with Gasteiger partial charge in [0.05, 0.1) is 17.3 Å². The Morgan fingerprint density at radius 3 is 2.89 bits per heavy atom. The van der Waals surface area contributed by atoms with Gasteiger partial charge in [0.25, 0.3) is 0 Å². The minimum absolute atomic E-state index is 0.182. The fourth-order valence-electron chi connectivity index (χ4n) is 3.06. The van der Waals surface area contributed by atoms with Crippen LogP contribution in [0.15, 0.2) is 36.4 Å². The molecule has 3 rings (SSSR count). The molecule has 0 amide bonds. The van der Waals surface area contributed by atoms with Gasteiger partial charge in [-0.15, -0.1) is 0 Å². The number of nitrogens with zero attached hydrogens (tertiary/aromatic N) is 2. The number of aromatic nitrogens is 1. The summed E-state index contributed by atoms with van der Waals surface area (Å²) in [6.07, 6.45) is 3.54. The maximum absolute atomic E-state index is 6.36. The second-order valence-corrected chi connectivity index (χ2v) is 5.51. The third kappa shape index (κ3) is 2.48.